The van der Waals surface area contributed by atoms with Crippen LogP contribution in [0.3, 0.4) is 0 Å². The molecule has 0 radical (unpaired) electrons. The first-order valence-corrected chi connectivity index (χ1v) is 11.6. The molecule has 0 spiro atoms. The van der Waals surface area contributed by atoms with Crippen molar-refractivity contribution >= 4 is 23.1 Å². The molecule has 6 heteroatoms. The molecule has 35 heavy (non-hydrogen) atoms. The summed E-state index contributed by atoms with van der Waals surface area (Å²) in [5.74, 6) is -0.343. The van der Waals surface area contributed by atoms with Crippen LogP contribution in [0.1, 0.15) is 41.6 Å². The average Bonchev–Trinajstić information content (AvgIpc) is 3.14. The van der Waals surface area contributed by atoms with E-state index in [1.54, 1.807) is 31.4 Å². The summed E-state index contributed by atoms with van der Waals surface area (Å²) in [5.41, 5.74) is 3.33. The van der Waals surface area contributed by atoms with Gasteiger partial charge in [-0.1, -0.05) is 43.3 Å². The van der Waals surface area contributed by atoms with Gasteiger partial charge in [0.2, 0.25) is 0 Å². The normalized spacial score (nSPS) is 17.0. The van der Waals surface area contributed by atoms with Crippen LogP contribution in [0, 0.1) is 13.8 Å². The summed E-state index contributed by atoms with van der Waals surface area (Å²) in [7, 11) is 1.58. The number of benzene rings is 3. The number of amides is 1. The third-order valence-corrected chi connectivity index (χ3v) is 6.13. The molecule has 1 N–H and O–H groups in total. The number of hydrogen-bond donors (Lipinski definition) is 1. The molecule has 180 valence electrons. The van der Waals surface area contributed by atoms with Gasteiger partial charge in [-0.2, -0.15) is 0 Å². The number of aliphatic hydroxyl groups excluding tert-OH is 1. The summed E-state index contributed by atoms with van der Waals surface area (Å²) in [6.45, 7) is 6.25. The fraction of sp³-hybridized carbons (Fsp3) is 0.241. The molecule has 0 aliphatic carbocycles. The molecule has 3 aromatic rings. The van der Waals surface area contributed by atoms with Gasteiger partial charge in [0.1, 0.15) is 17.3 Å². The zero-order valence-electron chi connectivity index (χ0n) is 20.4. The Bertz CT molecular complexity index is 1300. The Balaban J connectivity index is 1.91. The van der Waals surface area contributed by atoms with Gasteiger partial charge in [-0.3, -0.25) is 14.5 Å². The molecule has 0 aromatic heterocycles. The number of ketones is 1. The van der Waals surface area contributed by atoms with E-state index < -0.39 is 17.7 Å². The fourth-order valence-electron chi connectivity index (χ4n) is 4.40. The Kier molecular flexibility index (Phi) is 6.92. The van der Waals surface area contributed by atoms with Crippen LogP contribution >= 0.6 is 0 Å². The minimum atomic E-state index is -0.792. The predicted molar refractivity (Wildman–Crippen MR) is 136 cm³/mol. The molecule has 0 saturated carbocycles. The Morgan fingerprint density at radius 1 is 0.971 bits per heavy atom. The average molecular weight is 472 g/mol. The second-order valence-corrected chi connectivity index (χ2v) is 8.56. The molecule has 1 amide bonds. The van der Waals surface area contributed by atoms with Gasteiger partial charge in [-0.05, 0) is 61.2 Å². The van der Waals surface area contributed by atoms with Crippen molar-refractivity contribution in [1.82, 2.24) is 0 Å². The van der Waals surface area contributed by atoms with E-state index >= 15 is 0 Å². The summed E-state index contributed by atoms with van der Waals surface area (Å²) in [6.07, 6.45) is 0.847. The molecule has 4 rings (SSSR count). The van der Waals surface area contributed by atoms with Crippen molar-refractivity contribution in [3.05, 3.63) is 94.6 Å². The Morgan fingerprint density at radius 3 is 2.40 bits per heavy atom. The lowest BCUT2D eigenvalue weighted by Gasteiger charge is -2.26. The highest BCUT2D eigenvalue weighted by atomic mass is 16.5. The van der Waals surface area contributed by atoms with Gasteiger partial charge in [0.25, 0.3) is 11.7 Å². The highest BCUT2D eigenvalue weighted by Crippen LogP contribution is 2.43. The van der Waals surface area contributed by atoms with E-state index in [2.05, 4.69) is 0 Å². The molecule has 1 heterocycles. The van der Waals surface area contributed by atoms with E-state index in [-0.39, 0.29) is 11.3 Å². The summed E-state index contributed by atoms with van der Waals surface area (Å²) < 4.78 is 11.1. The van der Waals surface area contributed by atoms with Crippen LogP contribution in [0.25, 0.3) is 5.76 Å². The summed E-state index contributed by atoms with van der Waals surface area (Å²) in [4.78, 5) is 28.2. The summed E-state index contributed by atoms with van der Waals surface area (Å²) in [6, 6.07) is 19.2. The fourth-order valence-corrected chi connectivity index (χ4v) is 4.40. The molecule has 6 nitrogen and oxygen atoms in total. The van der Waals surface area contributed by atoms with Gasteiger partial charge in [0.15, 0.2) is 0 Å². The molecular weight excluding hydrogens is 442 g/mol. The largest absolute Gasteiger partial charge is 0.507 e. The molecule has 1 aliphatic heterocycles. The smallest absolute Gasteiger partial charge is 0.300 e. The van der Waals surface area contributed by atoms with Crippen molar-refractivity contribution in [3.63, 3.8) is 0 Å². The van der Waals surface area contributed by atoms with E-state index in [1.807, 2.05) is 63.2 Å². The number of aliphatic hydroxyl groups is 1. The van der Waals surface area contributed by atoms with E-state index in [1.165, 1.54) is 4.90 Å². The molecule has 0 bridgehead atoms. The van der Waals surface area contributed by atoms with Crippen LogP contribution in [0.15, 0.2) is 72.3 Å². The maximum Gasteiger partial charge on any atom is 0.300 e. The monoisotopic (exact) mass is 471 g/mol. The number of methoxy groups -OCH3 is 1. The topological polar surface area (TPSA) is 76.1 Å². The molecule has 1 aliphatic rings. The highest BCUT2D eigenvalue weighted by molar-refractivity contribution is 6.51. The zero-order chi connectivity index (χ0) is 25.1. The molecule has 3 aromatic carbocycles. The van der Waals surface area contributed by atoms with Gasteiger partial charge in [0, 0.05) is 17.3 Å². The molecular formula is C29H29NO5. The zero-order valence-corrected chi connectivity index (χ0v) is 20.4. The molecule has 1 unspecified atom stereocenters. The Morgan fingerprint density at radius 2 is 1.71 bits per heavy atom. The van der Waals surface area contributed by atoms with Crippen LogP contribution < -0.4 is 14.4 Å². The lowest BCUT2D eigenvalue weighted by molar-refractivity contribution is -0.132. The van der Waals surface area contributed by atoms with E-state index in [0.717, 1.165) is 23.1 Å². The van der Waals surface area contributed by atoms with Crippen LogP contribution in [-0.2, 0) is 9.59 Å². The van der Waals surface area contributed by atoms with Crippen molar-refractivity contribution < 1.29 is 24.2 Å². The second-order valence-electron chi connectivity index (χ2n) is 8.56. The van der Waals surface area contributed by atoms with E-state index in [0.29, 0.717) is 29.4 Å². The molecule has 1 atom stereocenters. The third kappa shape index (κ3) is 4.52. The first kappa shape index (κ1) is 24.1. The first-order chi connectivity index (χ1) is 16.9. The third-order valence-electron chi connectivity index (χ3n) is 6.13. The van der Waals surface area contributed by atoms with Crippen molar-refractivity contribution in [3.8, 4) is 11.5 Å². The minimum absolute atomic E-state index is 0.0498. The Labute approximate surface area is 205 Å². The summed E-state index contributed by atoms with van der Waals surface area (Å²) >= 11 is 0. The van der Waals surface area contributed by atoms with Gasteiger partial charge in [-0.25, -0.2) is 0 Å². The highest BCUT2D eigenvalue weighted by Gasteiger charge is 2.47. The number of hydrogen-bond acceptors (Lipinski definition) is 5. The van der Waals surface area contributed by atoms with Crippen molar-refractivity contribution in [2.24, 2.45) is 0 Å². The lowest BCUT2D eigenvalue weighted by Crippen LogP contribution is -2.29. The molecule has 1 saturated heterocycles. The van der Waals surface area contributed by atoms with E-state index in [9.17, 15) is 14.7 Å². The number of carbonyl (C=O) groups excluding carboxylic acids is 2. The number of anilines is 1. The number of carbonyl (C=O) groups is 2. The minimum Gasteiger partial charge on any atom is -0.507 e. The number of aryl methyl sites for hydroxylation is 2. The quantitative estimate of drug-likeness (QED) is 0.271. The van der Waals surface area contributed by atoms with Crippen molar-refractivity contribution in [2.45, 2.75) is 33.2 Å². The maximum atomic E-state index is 13.4. The van der Waals surface area contributed by atoms with Crippen LogP contribution in [-0.4, -0.2) is 30.5 Å². The van der Waals surface area contributed by atoms with Gasteiger partial charge < -0.3 is 14.6 Å². The lowest BCUT2D eigenvalue weighted by atomic mass is 9.93. The maximum absolute atomic E-state index is 13.4. The van der Waals surface area contributed by atoms with Crippen LogP contribution in [0.2, 0.25) is 0 Å². The standard InChI is InChI=1S/C29H29NO5/c1-5-14-35-22-13-9-12-21(17-22)30-26(20-10-7-6-8-11-20)25(28(32)29(30)33)27(31)23-15-19(3)24(34-4)16-18(23)2/h6-13,15-17,26,31H,5,14H2,1-4H3/b27-25+. The van der Waals surface area contributed by atoms with E-state index in [4.69, 9.17) is 9.47 Å². The number of ether oxygens (including phenoxy) is 2. The number of nitrogens with zero attached hydrogens (tertiary/aromatic N) is 1. The summed E-state index contributed by atoms with van der Waals surface area (Å²) in [5, 5.41) is 11.5. The van der Waals surface area contributed by atoms with Gasteiger partial charge in [0.05, 0.1) is 25.3 Å². The van der Waals surface area contributed by atoms with Gasteiger partial charge in [-0.15, -0.1) is 0 Å². The van der Waals surface area contributed by atoms with Gasteiger partial charge >= 0.3 is 0 Å². The number of Topliss-reactive ketones (excluding diaryl/α,β-unsaturated/α-hetero) is 1. The SMILES string of the molecule is CCCOc1cccc(N2C(=O)C(=O)/C(=C(/O)c3cc(C)c(OC)cc3C)C2c2ccccc2)c1. The van der Waals surface area contributed by atoms with Crippen LogP contribution in [0.4, 0.5) is 5.69 Å². The second kappa shape index (κ2) is 10.1. The molecule has 1 fully saturated rings. The predicted octanol–water partition coefficient (Wildman–Crippen LogP) is 5.73. The van der Waals surface area contributed by atoms with Crippen LogP contribution in [0.5, 0.6) is 11.5 Å². The first-order valence-electron chi connectivity index (χ1n) is 11.6. The van der Waals surface area contributed by atoms with Crippen molar-refractivity contribution in [1.29, 1.82) is 0 Å². The van der Waals surface area contributed by atoms with Crippen molar-refractivity contribution in [2.75, 3.05) is 18.6 Å². The Hall–Kier alpha value is -4.06. The number of rotatable bonds is 7.